The van der Waals surface area contributed by atoms with Crippen LogP contribution in [0.15, 0.2) is 133 Å². The molecule has 3 amide bonds. The quantitative estimate of drug-likeness (QED) is 0.0782. The van der Waals surface area contributed by atoms with Crippen LogP contribution in [0.5, 0.6) is 17.2 Å². The summed E-state index contributed by atoms with van der Waals surface area (Å²) in [5.41, 5.74) is -13.3. The number of ether oxygens (including phenoxy) is 5. The van der Waals surface area contributed by atoms with Gasteiger partial charge in [-0.05, 0) is 221 Å². The van der Waals surface area contributed by atoms with Gasteiger partial charge in [-0.15, -0.1) is 0 Å². The maximum atomic E-state index is 14.8. The van der Waals surface area contributed by atoms with E-state index in [2.05, 4.69) is 0 Å². The van der Waals surface area contributed by atoms with Gasteiger partial charge in [0.1, 0.15) is 46.9 Å². The summed E-state index contributed by atoms with van der Waals surface area (Å²) >= 11 is 6.38. The number of hydrogen-bond acceptors (Lipinski definition) is 8. The maximum absolute atomic E-state index is 14.8. The first-order valence-corrected chi connectivity index (χ1v) is 40.4. The van der Waals surface area contributed by atoms with Crippen molar-refractivity contribution >= 4 is 29.7 Å². The van der Waals surface area contributed by atoms with Crippen LogP contribution in [-0.4, -0.2) is 72.2 Å². The molecule has 0 unspecified atom stereocenters. The SMILES string of the molecule is COc1cc(F)c(C(C)C)cc1-c1c(C)cc(C(F)(F)F)cc1CN1C(=O)O[C@H](c2cc(C(F)(F)F)cc(C(F)(F)F)c2)[C@@H]1C.COc1cc(F)c(C(C)C)cc1-c1c(Cl)cc(C(F)(F)F)cc1CN1C(=O)O[C@H](c2cc(C(F)(F)F)cc(C(F)(F)F)c2)[C@@H]1C.COc1cc(F)c(C(C)C)cc1-c1ccc(C(F)(F)F)cc1CN1C(=O)C[C@H](c2cc(C(F)(F)F)cc(C(F)(F)F)c2)[C@@H]1C. The number of amides is 3. The molecule has 134 heavy (non-hydrogen) atoms. The molecule has 0 aliphatic carbocycles. The van der Waals surface area contributed by atoms with Crippen molar-refractivity contribution in [1.29, 1.82) is 0 Å². The Hall–Kier alpha value is -11.4. The average Bonchev–Trinajstić information content (AvgIpc) is 1.36. The number of carbonyl (C=O) groups is 3. The Bertz CT molecular complexity index is 5570. The molecule has 0 saturated carbocycles. The number of alkyl halides is 27. The number of rotatable bonds is 18. The standard InChI is InChI=1S/C31H27F10NO3.C31H27F10NO2.C30H24ClF10NO3/c1-14(2)22-11-23(25(44-5)12-24(22)32)26-15(3)6-19(29(33,34)35)9-18(26)13-42-16(4)27(45-28(42)43)17-7-20(30(36,37)38)10-21(8-17)31(39,40)41;1-15(2)23-11-25(27(44-4)13-26(23)32)22-6-5-19(29(33,34)35)9-18(22)14-42-16(3)24(12-28(42)43)17-7-20(30(36,37)38)10-21(8-17)31(39,40)41;1-13(2)20-10-21(24(44-4)11-23(20)32)25-16(7-19(9-22(25)31)30(39,40)41)12-42-14(3)26(45-27(42)43)15-5-17(28(33,34)35)8-18(6-15)29(36,37)38/h6-12,14,16,27H,13H2,1-5H3;5-11,13,15-16,24H,12,14H2,1-4H3;5-11,13-14,26H,12H2,1-4H3/t16-,27-;16-,24-;14-,26-/m000/s1. The highest BCUT2D eigenvalue weighted by Gasteiger charge is 2.49. The molecule has 3 saturated heterocycles. The van der Waals surface area contributed by atoms with Crippen LogP contribution in [0.4, 0.5) is 141 Å². The van der Waals surface area contributed by atoms with Gasteiger partial charge in [0.25, 0.3) is 0 Å². The molecule has 42 heteroatoms. The van der Waals surface area contributed by atoms with Crippen molar-refractivity contribution < 1.29 is 170 Å². The summed E-state index contributed by atoms with van der Waals surface area (Å²) in [4.78, 5) is 42.1. The zero-order valence-electron chi connectivity index (χ0n) is 72.1. The van der Waals surface area contributed by atoms with Gasteiger partial charge in [-0.1, -0.05) is 59.2 Å². The highest BCUT2D eigenvalue weighted by Crippen LogP contribution is 2.52. The van der Waals surface area contributed by atoms with E-state index in [1.165, 1.54) is 67.2 Å². The number of benzene rings is 9. The summed E-state index contributed by atoms with van der Waals surface area (Å²) in [6.45, 7) is 13.8. The van der Waals surface area contributed by atoms with E-state index < -0.39 is 220 Å². The van der Waals surface area contributed by atoms with Gasteiger partial charge in [-0.2, -0.15) is 119 Å². The van der Waals surface area contributed by atoms with Crippen molar-refractivity contribution in [2.75, 3.05) is 21.3 Å². The van der Waals surface area contributed by atoms with Crippen LogP contribution in [0.25, 0.3) is 33.4 Å². The minimum Gasteiger partial charge on any atom is -0.496 e. The number of carbonyl (C=O) groups excluding carboxylic acids is 3. The second-order valence-electron chi connectivity index (χ2n) is 32.8. The smallest absolute Gasteiger partial charge is 0.416 e. The van der Waals surface area contributed by atoms with Gasteiger partial charge in [-0.25, -0.2) is 22.8 Å². The molecular formula is C92H78ClF30N3O8. The van der Waals surface area contributed by atoms with E-state index in [1.807, 2.05) is 0 Å². The number of aryl methyl sites for hydroxylation is 1. The Morgan fingerprint density at radius 2 is 0.634 bits per heavy atom. The number of likely N-dealkylation sites (tertiary alicyclic amines) is 1. The second kappa shape index (κ2) is 38.4. The molecule has 6 atom stereocenters. The lowest BCUT2D eigenvalue weighted by Crippen LogP contribution is -2.32. The Morgan fingerprint density at radius 3 is 0.970 bits per heavy atom. The Balaban J connectivity index is 0.000000208. The van der Waals surface area contributed by atoms with Crippen LogP contribution in [0.1, 0.15) is 210 Å². The number of hydrogen-bond donors (Lipinski definition) is 0. The molecule has 9 aromatic carbocycles. The third-order valence-corrected chi connectivity index (χ3v) is 23.1. The number of methoxy groups -OCH3 is 3. The summed E-state index contributed by atoms with van der Waals surface area (Å²) in [7, 11) is 3.68. The molecule has 12 rings (SSSR count). The van der Waals surface area contributed by atoms with Gasteiger partial charge in [0.15, 0.2) is 0 Å². The van der Waals surface area contributed by atoms with Crippen molar-refractivity contribution in [2.24, 2.45) is 0 Å². The van der Waals surface area contributed by atoms with E-state index in [0.29, 0.717) is 48.5 Å². The summed E-state index contributed by atoms with van der Waals surface area (Å²) in [5.74, 6) is -4.80. The van der Waals surface area contributed by atoms with Gasteiger partial charge in [0, 0.05) is 70.4 Å². The van der Waals surface area contributed by atoms with Gasteiger partial charge in [0.05, 0.1) is 96.6 Å². The summed E-state index contributed by atoms with van der Waals surface area (Å²) in [5, 5.41) is -0.441. The molecule has 11 nitrogen and oxygen atoms in total. The van der Waals surface area contributed by atoms with Crippen molar-refractivity contribution in [2.45, 2.75) is 205 Å². The fourth-order valence-corrected chi connectivity index (χ4v) is 16.3. The Kier molecular flexibility index (Phi) is 30.0. The lowest BCUT2D eigenvalue weighted by atomic mass is 9.88. The van der Waals surface area contributed by atoms with Gasteiger partial charge in [0.2, 0.25) is 5.91 Å². The fourth-order valence-electron chi connectivity index (χ4n) is 16.0. The van der Waals surface area contributed by atoms with E-state index in [9.17, 15) is 146 Å². The molecule has 0 N–H and O–H groups in total. The van der Waals surface area contributed by atoms with E-state index in [1.54, 1.807) is 41.5 Å². The van der Waals surface area contributed by atoms with Crippen molar-refractivity contribution in [3.05, 3.63) is 262 Å². The molecule has 726 valence electrons. The van der Waals surface area contributed by atoms with Crippen molar-refractivity contribution in [3.63, 3.8) is 0 Å². The molecule has 0 aromatic heterocycles. The Labute approximate surface area is 749 Å². The predicted octanol–water partition coefficient (Wildman–Crippen LogP) is 30.1. The van der Waals surface area contributed by atoms with Gasteiger partial charge >= 0.3 is 67.8 Å². The maximum Gasteiger partial charge on any atom is 0.416 e. The molecule has 0 radical (unpaired) electrons. The summed E-state index contributed by atoms with van der Waals surface area (Å²) < 4.78 is 438. The molecule has 9 aromatic rings. The van der Waals surface area contributed by atoms with Gasteiger partial charge < -0.3 is 28.6 Å². The normalized spacial score (nSPS) is 17.8. The van der Waals surface area contributed by atoms with E-state index in [-0.39, 0.29) is 131 Å². The molecular weight excluding hydrogens is 1880 g/mol. The van der Waals surface area contributed by atoms with E-state index >= 15 is 0 Å². The molecule has 0 bridgehead atoms. The molecule has 3 heterocycles. The first-order chi connectivity index (χ1) is 61.5. The molecule has 3 fully saturated rings. The summed E-state index contributed by atoms with van der Waals surface area (Å²) in [6, 6.07) is 12.3. The first kappa shape index (κ1) is 105. The Morgan fingerprint density at radius 1 is 0.343 bits per heavy atom. The van der Waals surface area contributed by atoms with Crippen LogP contribution in [0, 0.1) is 24.4 Å². The number of nitrogens with zero attached hydrogens (tertiary/aromatic N) is 3. The minimum atomic E-state index is -5.17. The minimum absolute atomic E-state index is 0.00947. The molecule has 0 spiro atoms. The fraction of sp³-hybridized carbons (Fsp3) is 0.380. The monoisotopic (exact) mass is 1960 g/mol. The second-order valence-corrected chi connectivity index (χ2v) is 33.2. The zero-order valence-corrected chi connectivity index (χ0v) is 72.8. The molecule has 3 aliphatic heterocycles. The van der Waals surface area contributed by atoms with Crippen LogP contribution in [-0.2, 0) is 89.5 Å². The first-order valence-electron chi connectivity index (χ1n) is 40.0. The highest BCUT2D eigenvalue weighted by molar-refractivity contribution is 6.33. The van der Waals surface area contributed by atoms with E-state index in [0.717, 1.165) is 63.2 Å². The lowest BCUT2D eigenvalue weighted by molar-refractivity contribution is -0.144. The van der Waals surface area contributed by atoms with Gasteiger partial charge in [-0.3, -0.25) is 14.6 Å². The zero-order chi connectivity index (χ0) is 101. The topological polar surface area (TPSA) is 107 Å². The third-order valence-electron chi connectivity index (χ3n) is 22.8. The lowest BCUT2D eigenvalue weighted by Gasteiger charge is -2.27. The highest BCUT2D eigenvalue weighted by atomic mass is 35.5. The number of halogens is 31. The van der Waals surface area contributed by atoms with Crippen LogP contribution < -0.4 is 14.2 Å². The third kappa shape index (κ3) is 23.0. The number of cyclic esters (lactones) is 2. The van der Waals surface area contributed by atoms with E-state index in [4.69, 9.17) is 35.3 Å². The average molecular weight is 1960 g/mol. The largest absolute Gasteiger partial charge is 0.496 e. The van der Waals surface area contributed by atoms with Crippen molar-refractivity contribution in [3.8, 4) is 50.6 Å². The van der Waals surface area contributed by atoms with Crippen molar-refractivity contribution in [1.82, 2.24) is 14.7 Å². The predicted molar refractivity (Wildman–Crippen MR) is 427 cm³/mol. The van der Waals surface area contributed by atoms with Crippen LogP contribution >= 0.6 is 11.6 Å². The summed E-state index contributed by atoms with van der Waals surface area (Å²) in [6.07, 6.45) is -51.5. The molecule has 3 aliphatic rings. The van der Waals surface area contributed by atoms with Crippen LogP contribution in [0.2, 0.25) is 5.02 Å². The van der Waals surface area contributed by atoms with Crippen LogP contribution in [0.3, 0.4) is 0 Å².